The molecule has 3 rings (SSSR count). The number of methoxy groups -OCH3 is 1. The molecule has 0 fully saturated rings. The van der Waals surface area contributed by atoms with E-state index >= 15 is 0 Å². The van der Waals surface area contributed by atoms with Gasteiger partial charge in [0, 0.05) is 23.1 Å². The van der Waals surface area contributed by atoms with E-state index < -0.39 is 10.8 Å². The number of nitrogens with one attached hydrogen (secondary N) is 1. The molecule has 0 saturated carbocycles. The maximum Gasteiger partial charge on any atom is 0.275 e. The Bertz CT molecular complexity index is 967. The Morgan fingerprint density at radius 3 is 2.62 bits per heavy atom. The number of carbonyl (C=O) groups excluding carboxylic acids is 1. The normalized spacial score (nSPS) is 10.4. The number of carbonyl (C=O) groups is 1. The third kappa shape index (κ3) is 3.70. The fourth-order valence-corrected chi connectivity index (χ4v) is 3.10. The molecule has 2 aromatic carbocycles. The topological polar surface area (TPSA) is 94.4 Å². The largest absolute Gasteiger partial charge is 0.497 e. The maximum absolute atomic E-state index is 12.4. The first-order valence-electron chi connectivity index (χ1n) is 7.64. The third-order valence-electron chi connectivity index (χ3n) is 3.75. The van der Waals surface area contributed by atoms with Crippen LogP contribution in [0.4, 0.5) is 11.4 Å². The van der Waals surface area contributed by atoms with E-state index in [9.17, 15) is 14.9 Å². The molecule has 0 atom stereocenters. The number of ether oxygens (including phenoxy) is 1. The Hall–Kier alpha value is -3.26. The number of nitro groups is 1. The van der Waals surface area contributed by atoms with Crippen molar-refractivity contribution in [3.8, 4) is 16.3 Å². The number of nitro benzene ring substituents is 1. The van der Waals surface area contributed by atoms with Crippen LogP contribution in [0.15, 0.2) is 47.8 Å². The Morgan fingerprint density at radius 1 is 1.23 bits per heavy atom. The number of amides is 1. The van der Waals surface area contributed by atoms with Gasteiger partial charge >= 0.3 is 0 Å². The summed E-state index contributed by atoms with van der Waals surface area (Å²) in [5.41, 5.74) is 2.17. The van der Waals surface area contributed by atoms with E-state index in [1.54, 1.807) is 25.5 Å². The monoisotopic (exact) mass is 369 g/mol. The molecule has 0 aliphatic heterocycles. The highest BCUT2D eigenvalue weighted by Gasteiger charge is 2.15. The van der Waals surface area contributed by atoms with Gasteiger partial charge in [-0.1, -0.05) is 6.07 Å². The quantitative estimate of drug-likeness (QED) is 0.535. The second kappa shape index (κ2) is 7.32. The van der Waals surface area contributed by atoms with Crippen LogP contribution < -0.4 is 10.1 Å². The molecule has 1 aromatic heterocycles. The first-order chi connectivity index (χ1) is 12.5. The van der Waals surface area contributed by atoms with Gasteiger partial charge in [-0.05, 0) is 36.8 Å². The fraction of sp³-hybridized carbons (Fsp3) is 0.111. The molecule has 1 N–H and O–H groups in total. The average Bonchev–Trinajstić information content (AvgIpc) is 3.13. The second-order valence-corrected chi connectivity index (χ2v) is 6.33. The van der Waals surface area contributed by atoms with Gasteiger partial charge in [-0.15, -0.1) is 11.3 Å². The van der Waals surface area contributed by atoms with Crippen molar-refractivity contribution in [3.63, 3.8) is 0 Å². The molecule has 0 aliphatic carbocycles. The zero-order chi connectivity index (χ0) is 18.7. The van der Waals surface area contributed by atoms with Crippen LogP contribution in [0.5, 0.6) is 5.75 Å². The molecule has 3 aromatic rings. The van der Waals surface area contributed by atoms with Crippen molar-refractivity contribution in [3.05, 3.63) is 69.2 Å². The molecule has 0 aliphatic rings. The molecular formula is C18H15N3O4S. The predicted octanol–water partition coefficient (Wildman–Crippen LogP) is 4.29. The molecular weight excluding hydrogens is 354 g/mol. The number of benzene rings is 2. The summed E-state index contributed by atoms with van der Waals surface area (Å²) in [6.45, 7) is 1.77. The van der Waals surface area contributed by atoms with Crippen LogP contribution in [0.25, 0.3) is 10.6 Å². The van der Waals surface area contributed by atoms with Gasteiger partial charge in [0.2, 0.25) is 0 Å². The van der Waals surface area contributed by atoms with Crippen molar-refractivity contribution in [2.24, 2.45) is 0 Å². The first kappa shape index (κ1) is 17.6. The van der Waals surface area contributed by atoms with Gasteiger partial charge in [0.15, 0.2) is 0 Å². The number of aromatic nitrogens is 1. The Labute approximate surface area is 153 Å². The lowest BCUT2D eigenvalue weighted by Gasteiger charge is -2.06. The van der Waals surface area contributed by atoms with Crippen molar-refractivity contribution < 1.29 is 14.5 Å². The summed E-state index contributed by atoms with van der Waals surface area (Å²) in [7, 11) is 1.59. The lowest BCUT2D eigenvalue weighted by molar-refractivity contribution is -0.384. The summed E-state index contributed by atoms with van der Waals surface area (Å²) in [6, 6.07) is 11.7. The van der Waals surface area contributed by atoms with Crippen LogP contribution in [0.1, 0.15) is 16.1 Å². The number of non-ortho nitro benzene ring substituents is 1. The highest BCUT2D eigenvalue weighted by molar-refractivity contribution is 7.13. The highest BCUT2D eigenvalue weighted by atomic mass is 32.1. The molecule has 0 saturated heterocycles. The minimum Gasteiger partial charge on any atom is -0.497 e. The number of hydrogen-bond acceptors (Lipinski definition) is 6. The molecule has 132 valence electrons. The van der Waals surface area contributed by atoms with Gasteiger partial charge in [-0.25, -0.2) is 4.98 Å². The van der Waals surface area contributed by atoms with Crippen LogP contribution >= 0.6 is 11.3 Å². The minimum absolute atomic E-state index is 0.0805. The number of aryl methyl sites for hydroxylation is 1. The van der Waals surface area contributed by atoms with E-state index in [1.807, 2.05) is 24.3 Å². The van der Waals surface area contributed by atoms with Crippen molar-refractivity contribution in [2.75, 3.05) is 12.4 Å². The summed E-state index contributed by atoms with van der Waals surface area (Å²) < 4.78 is 5.12. The average molecular weight is 369 g/mol. The van der Waals surface area contributed by atoms with Crippen molar-refractivity contribution >= 4 is 28.6 Å². The lowest BCUT2D eigenvalue weighted by atomic mass is 10.2. The highest BCUT2D eigenvalue weighted by Crippen LogP contribution is 2.27. The van der Waals surface area contributed by atoms with Crippen LogP contribution in [0.2, 0.25) is 0 Å². The van der Waals surface area contributed by atoms with E-state index in [-0.39, 0.29) is 11.4 Å². The van der Waals surface area contributed by atoms with Gasteiger partial charge in [-0.3, -0.25) is 14.9 Å². The zero-order valence-electron chi connectivity index (χ0n) is 14.1. The fourth-order valence-electron chi connectivity index (χ4n) is 2.29. The molecule has 7 nitrogen and oxygen atoms in total. The van der Waals surface area contributed by atoms with E-state index in [0.29, 0.717) is 10.7 Å². The minimum atomic E-state index is -0.500. The van der Waals surface area contributed by atoms with Gasteiger partial charge in [-0.2, -0.15) is 0 Å². The Balaban J connectivity index is 1.80. The van der Waals surface area contributed by atoms with Gasteiger partial charge in [0.1, 0.15) is 16.5 Å². The summed E-state index contributed by atoms with van der Waals surface area (Å²) in [5.74, 6) is 0.328. The van der Waals surface area contributed by atoms with Gasteiger partial charge in [0.05, 0.1) is 17.7 Å². The van der Waals surface area contributed by atoms with E-state index in [1.165, 1.54) is 23.5 Å². The molecule has 0 bridgehead atoms. The van der Waals surface area contributed by atoms with Crippen molar-refractivity contribution in [2.45, 2.75) is 6.92 Å². The van der Waals surface area contributed by atoms with Gasteiger partial charge < -0.3 is 10.1 Å². The lowest BCUT2D eigenvalue weighted by Crippen LogP contribution is -2.13. The van der Waals surface area contributed by atoms with E-state index in [2.05, 4.69) is 10.3 Å². The third-order valence-corrected chi connectivity index (χ3v) is 4.65. The van der Waals surface area contributed by atoms with Crippen molar-refractivity contribution in [1.29, 1.82) is 0 Å². The number of hydrogen-bond donors (Lipinski definition) is 1. The van der Waals surface area contributed by atoms with Crippen LogP contribution in [0, 0.1) is 17.0 Å². The molecule has 0 radical (unpaired) electrons. The Kier molecular flexibility index (Phi) is 4.94. The molecule has 26 heavy (non-hydrogen) atoms. The second-order valence-electron chi connectivity index (χ2n) is 5.48. The van der Waals surface area contributed by atoms with Crippen LogP contribution in [-0.4, -0.2) is 22.9 Å². The van der Waals surface area contributed by atoms with E-state index in [0.717, 1.165) is 16.9 Å². The number of rotatable bonds is 5. The summed E-state index contributed by atoms with van der Waals surface area (Å²) in [4.78, 5) is 27.2. The number of nitrogens with zero attached hydrogens (tertiary/aromatic N) is 2. The molecule has 0 spiro atoms. The SMILES string of the molecule is COc1ccc(-c2nc(C(=O)Nc3cc([N+](=O)[O-])ccc3C)cs2)cc1. The summed E-state index contributed by atoms with van der Waals surface area (Å²) in [6.07, 6.45) is 0. The summed E-state index contributed by atoms with van der Waals surface area (Å²) >= 11 is 1.35. The first-order valence-corrected chi connectivity index (χ1v) is 8.52. The molecule has 0 unspecified atom stereocenters. The smallest absolute Gasteiger partial charge is 0.275 e. The van der Waals surface area contributed by atoms with Crippen LogP contribution in [0.3, 0.4) is 0 Å². The molecule has 8 heteroatoms. The van der Waals surface area contributed by atoms with E-state index in [4.69, 9.17) is 4.74 Å². The standard InChI is InChI=1S/C18H15N3O4S/c1-11-3-6-13(21(23)24)9-15(11)19-17(22)16-10-26-18(20-16)12-4-7-14(25-2)8-5-12/h3-10H,1-2H3,(H,19,22). The van der Waals surface area contributed by atoms with Gasteiger partial charge in [0.25, 0.3) is 11.6 Å². The summed E-state index contributed by atoms with van der Waals surface area (Å²) in [5, 5.41) is 15.9. The van der Waals surface area contributed by atoms with Crippen molar-refractivity contribution in [1.82, 2.24) is 4.98 Å². The number of anilines is 1. The number of thiazole rings is 1. The molecule has 1 amide bonds. The Morgan fingerprint density at radius 2 is 1.96 bits per heavy atom. The van der Waals surface area contributed by atoms with Crippen LogP contribution in [-0.2, 0) is 0 Å². The predicted molar refractivity (Wildman–Crippen MR) is 99.9 cm³/mol. The maximum atomic E-state index is 12.4. The molecule has 1 heterocycles. The zero-order valence-corrected chi connectivity index (χ0v) is 14.9.